The fourth-order valence-electron chi connectivity index (χ4n) is 2.78. The Labute approximate surface area is 156 Å². The number of halogens is 2. The Morgan fingerprint density at radius 3 is 2.77 bits per heavy atom. The van der Waals surface area contributed by atoms with Crippen molar-refractivity contribution in [2.75, 3.05) is 13.9 Å². The van der Waals surface area contributed by atoms with Crippen LogP contribution >= 0.6 is 15.9 Å². The summed E-state index contributed by atoms with van der Waals surface area (Å²) in [6.07, 6.45) is 1.70. The highest BCUT2D eigenvalue weighted by Gasteiger charge is 2.31. The SMILES string of the molecule is COc1cc(F)ccc1C1=C(Br)C(=O)O/C1=C\c1ccc2c(c1)OCO2. The van der Waals surface area contributed by atoms with Crippen LogP contribution in [0.2, 0.25) is 0 Å². The number of carbonyl (C=O) groups is 1. The van der Waals surface area contributed by atoms with Gasteiger partial charge in [-0.05, 0) is 51.8 Å². The van der Waals surface area contributed by atoms with E-state index in [9.17, 15) is 9.18 Å². The van der Waals surface area contributed by atoms with Crippen molar-refractivity contribution in [2.24, 2.45) is 0 Å². The summed E-state index contributed by atoms with van der Waals surface area (Å²) in [5.41, 5.74) is 1.79. The second-order valence-electron chi connectivity index (χ2n) is 5.54. The summed E-state index contributed by atoms with van der Waals surface area (Å²) in [4.78, 5) is 12.1. The van der Waals surface area contributed by atoms with Gasteiger partial charge in [0.15, 0.2) is 11.5 Å². The highest BCUT2D eigenvalue weighted by atomic mass is 79.9. The average Bonchev–Trinajstić information content (AvgIpc) is 3.20. The zero-order chi connectivity index (χ0) is 18.3. The Morgan fingerprint density at radius 1 is 1.15 bits per heavy atom. The molecule has 4 rings (SSSR count). The molecule has 132 valence electrons. The fourth-order valence-corrected chi connectivity index (χ4v) is 3.27. The monoisotopic (exact) mass is 418 g/mol. The lowest BCUT2D eigenvalue weighted by atomic mass is 10.0. The van der Waals surface area contributed by atoms with E-state index in [0.717, 1.165) is 5.56 Å². The molecule has 0 saturated heterocycles. The smallest absolute Gasteiger partial charge is 0.351 e. The van der Waals surface area contributed by atoms with Crippen molar-refractivity contribution < 1.29 is 28.1 Å². The number of rotatable bonds is 3. The molecule has 0 unspecified atom stereocenters. The van der Waals surface area contributed by atoms with Gasteiger partial charge in [0.1, 0.15) is 21.8 Å². The molecular formula is C19H12BrFO5. The van der Waals surface area contributed by atoms with Crippen LogP contribution in [0.3, 0.4) is 0 Å². The van der Waals surface area contributed by atoms with Crippen LogP contribution in [0.4, 0.5) is 4.39 Å². The highest BCUT2D eigenvalue weighted by molar-refractivity contribution is 9.12. The van der Waals surface area contributed by atoms with E-state index in [4.69, 9.17) is 18.9 Å². The van der Waals surface area contributed by atoms with Gasteiger partial charge in [-0.1, -0.05) is 6.07 Å². The van der Waals surface area contributed by atoms with Gasteiger partial charge in [-0.2, -0.15) is 0 Å². The van der Waals surface area contributed by atoms with E-state index in [1.807, 2.05) is 6.07 Å². The zero-order valence-electron chi connectivity index (χ0n) is 13.5. The Kier molecular flexibility index (Phi) is 4.16. The number of carbonyl (C=O) groups excluding carboxylic acids is 1. The first kappa shape index (κ1) is 16.7. The lowest BCUT2D eigenvalue weighted by Gasteiger charge is -2.10. The maximum atomic E-state index is 13.5. The van der Waals surface area contributed by atoms with Gasteiger partial charge in [0.25, 0.3) is 0 Å². The quantitative estimate of drug-likeness (QED) is 0.696. The molecule has 26 heavy (non-hydrogen) atoms. The van der Waals surface area contributed by atoms with Crippen LogP contribution in [0.25, 0.3) is 11.6 Å². The van der Waals surface area contributed by atoms with Crippen molar-refractivity contribution in [3.8, 4) is 17.2 Å². The molecule has 2 aromatic rings. The molecule has 7 heteroatoms. The third-order valence-corrected chi connectivity index (χ3v) is 4.70. The first-order valence-corrected chi connectivity index (χ1v) is 8.43. The fraction of sp³-hybridized carbons (Fsp3) is 0.105. The van der Waals surface area contributed by atoms with Gasteiger partial charge in [-0.25, -0.2) is 9.18 Å². The zero-order valence-corrected chi connectivity index (χ0v) is 15.1. The highest BCUT2D eigenvalue weighted by Crippen LogP contribution is 2.42. The second-order valence-corrected chi connectivity index (χ2v) is 6.34. The number of fused-ring (bicyclic) bond motifs is 1. The van der Waals surface area contributed by atoms with Gasteiger partial charge >= 0.3 is 5.97 Å². The van der Waals surface area contributed by atoms with E-state index in [-0.39, 0.29) is 11.3 Å². The summed E-state index contributed by atoms with van der Waals surface area (Å²) < 4.78 is 35.1. The minimum atomic E-state index is -0.529. The van der Waals surface area contributed by atoms with Gasteiger partial charge in [-0.3, -0.25) is 0 Å². The topological polar surface area (TPSA) is 54.0 Å². The molecule has 2 aromatic carbocycles. The van der Waals surface area contributed by atoms with E-state index in [1.54, 1.807) is 24.3 Å². The number of esters is 1. The molecule has 0 aliphatic carbocycles. The van der Waals surface area contributed by atoms with Gasteiger partial charge in [0, 0.05) is 17.2 Å². The number of allylic oxidation sites excluding steroid dienone is 1. The number of benzene rings is 2. The lowest BCUT2D eigenvalue weighted by molar-refractivity contribution is -0.132. The summed E-state index contributed by atoms with van der Waals surface area (Å²) in [6.45, 7) is 0.174. The second kappa shape index (κ2) is 6.49. The van der Waals surface area contributed by atoms with Crippen molar-refractivity contribution in [1.29, 1.82) is 0 Å². The van der Waals surface area contributed by atoms with Crippen LogP contribution in [0, 0.1) is 5.82 Å². The Hall–Kier alpha value is -2.80. The first-order valence-electron chi connectivity index (χ1n) is 7.64. The summed E-state index contributed by atoms with van der Waals surface area (Å²) in [5, 5.41) is 0. The standard InChI is InChI=1S/C19H12BrFO5/c1-23-14-8-11(21)3-4-12(14)17-16(26-19(22)18(17)20)7-10-2-5-13-15(6-10)25-9-24-13/h2-8H,9H2,1H3/b16-7-. The van der Waals surface area contributed by atoms with Crippen LogP contribution in [0.1, 0.15) is 11.1 Å². The van der Waals surface area contributed by atoms with Crippen LogP contribution in [-0.4, -0.2) is 19.9 Å². The van der Waals surface area contributed by atoms with Gasteiger partial charge < -0.3 is 18.9 Å². The Morgan fingerprint density at radius 2 is 1.96 bits per heavy atom. The Bertz CT molecular complexity index is 980. The molecule has 0 bridgehead atoms. The van der Waals surface area contributed by atoms with E-state index in [1.165, 1.54) is 19.2 Å². The third-order valence-electron chi connectivity index (χ3n) is 3.98. The van der Waals surface area contributed by atoms with E-state index >= 15 is 0 Å². The summed E-state index contributed by atoms with van der Waals surface area (Å²) >= 11 is 3.26. The molecule has 0 fully saturated rings. The Balaban J connectivity index is 1.80. The van der Waals surface area contributed by atoms with E-state index < -0.39 is 11.8 Å². The van der Waals surface area contributed by atoms with Crippen LogP contribution in [0.15, 0.2) is 46.6 Å². The van der Waals surface area contributed by atoms with Crippen molar-refractivity contribution in [3.05, 3.63) is 63.6 Å². The van der Waals surface area contributed by atoms with Crippen molar-refractivity contribution in [3.63, 3.8) is 0 Å². The molecule has 0 radical (unpaired) electrons. The number of ether oxygens (including phenoxy) is 4. The molecule has 0 amide bonds. The molecule has 5 nitrogen and oxygen atoms in total. The lowest BCUT2D eigenvalue weighted by Crippen LogP contribution is -1.95. The molecule has 0 saturated carbocycles. The van der Waals surface area contributed by atoms with Crippen LogP contribution in [0.5, 0.6) is 17.2 Å². The van der Waals surface area contributed by atoms with E-state index in [2.05, 4.69) is 15.9 Å². The molecular weight excluding hydrogens is 407 g/mol. The predicted octanol–water partition coefficient (Wildman–Crippen LogP) is 4.27. The number of hydrogen-bond donors (Lipinski definition) is 0. The third kappa shape index (κ3) is 2.84. The van der Waals surface area contributed by atoms with E-state index in [0.29, 0.717) is 34.1 Å². The minimum absolute atomic E-state index is 0.174. The van der Waals surface area contributed by atoms with Crippen LogP contribution < -0.4 is 14.2 Å². The predicted molar refractivity (Wildman–Crippen MR) is 95.4 cm³/mol. The molecule has 0 spiro atoms. The molecule has 0 aromatic heterocycles. The van der Waals surface area contributed by atoms with Crippen molar-refractivity contribution >= 4 is 33.5 Å². The van der Waals surface area contributed by atoms with Gasteiger partial charge in [0.05, 0.1) is 7.11 Å². The van der Waals surface area contributed by atoms with Crippen molar-refractivity contribution in [2.45, 2.75) is 0 Å². The molecule has 2 aliphatic heterocycles. The summed E-state index contributed by atoms with van der Waals surface area (Å²) in [6, 6.07) is 9.48. The molecule has 0 N–H and O–H groups in total. The first-order chi connectivity index (χ1) is 12.6. The molecule has 2 aliphatic rings. The summed E-state index contributed by atoms with van der Waals surface area (Å²) in [5.74, 6) is 0.935. The maximum Gasteiger partial charge on any atom is 0.351 e. The average molecular weight is 419 g/mol. The van der Waals surface area contributed by atoms with Gasteiger partial charge in [-0.15, -0.1) is 0 Å². The number of hydrogen-bond acceptors (Lipinski definition) is 5. The maximum absolute atomic E-state index is 13.5. The number of cyclic esters (lactones) is 1. The van der Waals surface area contributed by atoms with Crippen molar-refractivity contribution in [1.82, 2.24) is 0 Å². The van der Waals surface area contributed by atoms with Crippen LogP contribution in [-0.2, 0) is 9.53 Å². The van der Waals surface area contributed by atoms with Gasteiger partial charge in [0.2, 0.25) is 6.79 Å². The molecule has 0 atom stereocenters. The summed E-state index contributed by atoms with van der Waals surface area (Å²) in [7, 11) is 1.44. The normalized spacial score (nSPS) is 17.0. The molecule has 2 heterocycles. The minimum Gasteiger partial charge on any atom is -0.496 e. The number of methoxy groups -OCH3 is 1. The largest absolute Gasteiger partial charge is 0.496 e.